The van der Waals surface area contributed by atoms with Crippen LogP contribution in [0.5, 0.6) is 0 Å². The quantitative estimate of drug-likeness (QED) is 0.360. The molecule has 0 aliphatic rings. The lowest BCUT2D eigenvalue weighted by molar-refractivity contribution is 0.469. The predicted molar refractivity (Wildman–Crippen MR) is 68.2 cm³/mol. The molecule has 0 saturated heterocycles. The fraction of sp³-hybridized carbons (Fsp3) is 0.857. The van der Waals surface area contributed by atoms with Gasteiger partial charge in [0.05, 0.1) is 6.26 Å². The Morgan fingerprint density at radius 1 is 0.733 bits per heavy atom. The van der Waals surface area contributed by atoms with E-state index in [1.54, 1.807) is 0 Å². The van der Waals surface area contributed by atoms with Gasteiger partial charge in [-0.25, -0.2) is 0 Å². The van der Waals surface area contributed by atoms with E-state index in [0.717, 1.165) is 12.7 Å². The van der Waals surface area contributed by atoms with E-state index in [1.807, 2.05) is 6.08 Å². The van der Waals surface area contributed by atoms with Gasteiger partial charge in [-0.15, -0.1) is 0 Å². The molecular formula is C14H28O. The Bertz CT molecular complexity index is 129. The number of hydrogen-bond donors (Lipinski definition) is 1. The average Bonchev–Trinajstić information content (AvgIpc) is 2.26. The maximum atomic E-state index is 8.43. The van der Waals surface area contributed by atoms with Crippen LogP contribution in [-0.4, -0.2) is 5.11 Å². The maximum absolute atomic E-state index is 8.43. The molecule has 0 aromatic heterocycles. The van der Waals surface area contributed by atoms with E-state index in [2.05, 4.69) is 6.92 Å². The smallest absolute Gasteiger partial charge is 0.0751 e. The third-order valence-electron chi connectivity index (χ3n) is 2.83. The molecule has 1 nitrogen and oxygen atoms in total. The molecule has 0 radical (unpaired) electrons. The molecule has 0 aromatic rings. The van der Waals surface area contributed by atoms with E-state index in [-0.39, 0.29) is 0 Å². The lowest BCUT2D eigenvalue weighted by atomic mass is 10.1. The Balaban J connectivity index is 2.86. The van der Waals surface area contributed by atoms with Crippen LogP contribution in [0.3, 0.4) is 0 Å². The normalized spacial score (nSPS) is 11.3. The molecule has 0 atom stereocenters. The molecule has 0 aromatic carbocycles. The Morgan fingerprint density at radius 3 is 1.67 bits per heavy atom. The molecule has 1 N–H and O–H groups in total. The van der Waals surface area contributed by atoms with Gasteiger partial charge in [0.1, 0.15) is 0 Å². The monoisotopic (exact) mass is 212 g/mol. The molecular weight excluding hydrogens is 184 g/mol. The first-order chi connectivity index (χ1) is 7.41. The van der Waals surface area contributed by atoms with Gasteiger partial charge in [0.25, 0.3) is 0 Å². The molecule has 1 heteroatoms. The van der Waals surface area contributed by atoms with Gasteiger partial charge in [-0.3, -0.25) is 0 Å². The van der Waals surface area contributed by atoms with Crippen LogP contribution < -0.4 is 0 Å². The molecule has 0 aliphatic heterocycles. The zero-order chi connectivity index (χ0) is 11.2. The molecule has 0 rings (SSSR count). The number of aliphatic hydroxyl groups excluding tert-OH is 1. The summed E-state index contributed by atoms with van der Waals surface area (Å²) in [6.07, 6.45) is 17.8. The van der Waals surface area contributed by atoms with Gasteiger partial charge in [0.15, 0.2) is 0 Å². The molecule has 0 aliphatic carbocycles. The zero-order valence-corrected chi connectivity index (χ0v) is 10.4. The number of unbranched alkanes of at least 4 members (excludes halogenated alkanes) is 10. The number of rotatable bonds is 11. The van der Waals surface area contributed by atoms with E-state index >= 15 is 0 Å². The van der Waals surface area contributed by atoms with Gasteiger partial charge in [0, 0.05) is 0 Å². The summed E-state index contributed by atoms with van der Waals surface area (Å²) in [7, 11) is 0. The van der Waals surface area contributed by atoms with Gasteiger partial charge in [-0.1, -0.05) is 70.8 Å². The topological polar surface area (TPSA) is 20.2 Å². The Labute approximate surface area is 95.6 Å². The summed E-state index contributed by atoms with van der Waals surface area (Å²) < 4.78 is 0. The van der Waals surface area contributed by atoms with Crippen LogP contribution in [0, 0.1) is 0 Å². The zero-order valence-electron chi connectivity index (χ0n) is 10.4. The van der Waals surface area contributed by atoms with Crippen molar-refractivity contribution in [3.63, 3.8) is 0 Å². The van der Waals surface area contributed by atoms with Crippen molar-refractivity contribution in [3.05, 3.63) is 12.3 Å². The highest BCUT2D eigenvalue weighted by Gasteiger charge is 1.91. The summed E-state index contributed by atoms with van der Waals surface area (Å²) in [5.74, 6) is 0. The van der Waals surface area contributed by atoms with Gasteiger partial charge in [-0.2, -0.15) is 0 Å². The number of hydrogen-bond acceptors (Lipinski definition) is 1. The van der Waals surface area contributed by atoms with Crippen molar-refractivity contribution in [1.29, 1.82) is 0 Å². The number of aliphatic hydroxyl groups is 1. The van der Waals surface area contributed by atoms with Crippen LogP contribution in [0.25, 0.3) is 0 Å². The summed E-state index contributed by atoms with van der Waals surface area (Å²) in [5.41, 5.74) is 0. The second-order valence-corrected chi connectivity index (χ2v) is 4.36. The van der Waals surface area contributed by atoms with E-state index in [9.17, 15) is 0 Å². The van der Waals surface area contributed by atoms with Crippen molar-refractivity contribution in [2.45, 2.75) is 77.6 Å². The Kier molecular flexibility index (Phi) is 13.1. The summed E-state index contributed by atoms with van der Waals surface area (Å²) in [6.45, 7) is 2.26. The van der Waals surface area contributed by atoms with E-state index < -0.39 is 0 Å². The van der Waals surface area contributed by atoms with Gasteiger partial charge >= 0.3 is 0 Å². The van der Waals surface area contributed by atoms with Crippen molar-refractivity contribution in [2.24, 2.45) is 0 Å². The molecule has 0 fully saturated rings. The Morgan fingerprint density at radius 2 is 1.20 bits per heavy atom. The molecule has 0 bridgehead atoms. The largest absolute Gasteiger partial charge is 0.516 e. The summed E-state index contributed by atoms with van der Waals surface area (Å²) in [6, 6.07) is 0. The highest BCUT2D eigenvalue weighted by atomic mass is 16.2. The molecule has 0 spiro atoms. The highest BCUT2D eigenvalue weighted by Crippen LogP contribution is 2.11. The molecule has 0 amide bonds. The molecule has 90 valence electrons. The van der Waals surface area contributed by atoms with Crippen LogP contribution in [-0.2, 0) is 0 Å². The van der Waals surface area contributed by atoms with E-state index in [0.29, 0.717) is 0 Å². The van der Waals surface area contributed by atoms with Crippen molar-refractivity contribution in [2.75, 3.05) is 0 Å². The van der Waals surface area contributed by atoms with Crippen molar-refractivity contribution in [1.82, 2.24) is 0 Å². The second kappa shape index (κ2) is 13.5. The van der Waals surface area contributed by atoms with Crippen LogP contribution in [0.2, 0.25) is 0 Å². The fourth-order valence-corrected chi connectivity index (χ4v) is 1.82. The molecule has 0 unspecified atom stereocenters. The van der Waals surface area contributed by atoms with Crippen molar-refractivity contribution in [3.8, 4) is 0 Å². The van der Waals surface area contributed by atoms with Crippen LogP contribution >= 0.6 is 0 Å². The highest BCUT2D eigenvalue weighted by molar-refractivity contribution is 4.70. The van der Waals surface area contributed by atoms with Crippen molar-refractivity contribution < 1.29 is 5.11 Å². The van der Waals surface area contributed by atoms with Gasteiger partial charge < -0.3 is 5.11 Å². The summed E-state index contributed by atoms with van der Waals surface area (Å²) >= 11 is 0. The molecule has 0 heterocycles. The van der Waals surface area contributed by atoms with Crippen LogP contribution in [0.1, 0.15) is 77.6 Å². The second-order valence-electron chi connectivity index (χ2n) is 4.36. The predicted octanol–water partition coefficient (Wildman–Crippen LogP) is 5.37. The van der Waals surface area contributed by atoms with Crippen molar-refractivity contribution >= 4 is 0 Å². The Hall–Kier alpha value is -0.460. The van der Waals surface area contributed by atoms with Gasteiger partial charge in [0.2, 0.25) is 0 Å². The van der Waals surface area contributed by atoms with Gasteiger partial charge in [-0.05, 0) is 12.8 Å². The van der Waals surface area contributed by atoms with Crippen LogP contribution in [0.4, 0.5) is 0 Å². The lowest BCUT2D eigenvalue weighted by Crippen LogP contribution is -1.81. The fourth-order valence-electron chi connectivity index (χ4n) is 1.82. The minimum absolute atomic E-state index is 1.03. The van der Waals surface area contributed by atoms with E-state index in [1.165, 1.54) is 64.2 Å². The minimum atomic E-state index is 1.03. The minimum Gasteiger partial charge on any atom is -0.516 e. The summed E-state index contributed by atoms with van der Waals surface area (Å²) in [4.78, 5) is 0. The first-order valence-electron chi connectivity index (χ1n) is 6.71. The standard InChI is InChI=1S/C14H28O/c1-2-3-4-5-6-7-8-9-10-11-12-13-14-15/h13-15H,2-12H2,1H3. The SMILES string of the molecule is CCCCCCCCCCCCC=CO. The summed E-state index contributed by atoms with van der Waals surface area (Å²) in [5, 5.41) is 8.43. The lowest BCUT2D eigenvalue weighted by Gasteiger charge is -2.00. The maximum Gasteiger partial charge on any atom is 0.0751 e. The third kappa shape index (κ3) is 13.5. The molecule has 15 heavy (non-hydrogen) atoms. The first kappa shape index (κ1) is 14.5. The molecule has 0 saturated carbocycles. The van der Waals surface area contributed by atoms with E-state index in [4.69, 9.17) is 5.11 Å². The average molecular weight is 212 g/mol. The first-order valence-corrected chi connectivity index (χ1v) is 6.71. The van der Waals surface area contributed by atoms with Crippen LogP contribution in [0.15, 0.2) is 12.3 Å². The number of allylic oxidation sites excluding steroid dienone is 1. The third-order valence-corrected chi connectivity index (χ3v) is 2.83.